The highest BCUT2D eigenvalue weighted by Crippen LogP contribution is 2.28. The van der Waals surface area contributed by atoms with Gasteiger partial charge in [0.25, 0.3) is 0 Å². The van der Waals surface area contributed by atoms with Crippen molar-refractivity contribution in [2.24, 2.45) is 0 Å². The first-order valence-corrected chi connectivity index (χ1v) is 4.15. The van der Waals surface area contributed by atoms with Crippen LogP contribution in [0.3, 0.4) is 0 Å². The molecule has 1 atom stereocenters. The smallest absolute Gasteiger partial charge is 0.177 e. The Kier molecular flexibility index (Phi) is 1.79. The van der Waals surface area contributed by atoms with E-state index in [0.29, 0.717) is 5.56 Å². The molecule has 0 aromatic heterocycles. The van der Waals surface area contributed by atoms with Crippen LogP contribution in [0.2, 0.25) is 0 Å². The number of ether oxygens (including phenoxy) is 1. The highest BCUT2D eigenvalue weighted by molar-refractivity contribution is 5.87. The van der Waals surface area contributed by atoms with Gasteiger partial charge in [-0.15, -0.1) is 0 Å². The Balaban J connectivity index is 2.48. The van der Waals surface area contributed by atoms with E-state index in [-0.39, 0.29) is 18.0 Å². The van der Waals surface area contributed by atoms with E-state index in [2.05, 4.69) is 0 Å². The number of Topliss-reactive ketones (excluding diaryl/α,β-unsaturated/α-hetero) is 1. The van der Waals surface area contributed by atoms with Gasteiger partial charge in [-0.1, -0.05) is 12.1 Å². The molecule has 0 N–H and O–H groups in total. The topological polar surface area (TPSA) is 26.3 Å². The van der Waals surface area contributed by atoms with Crippen LogP contribution in [0.25, 0.3) is 0 Å². The molecule has 1 aromatic rings. The van der Waals surface area contributed by atoms with Crippen LogP contribution in [0.1, 0.15) is 12.5 Å². The number of ketones is 1. The molecule has 1 unspecified atom stereocenters. The summed E-state index contributed by atoms with van der Waals surface area (Å²) in [6.45, 7) is 1.64. The minimum atomic E-state index is -0.524. The lowest BCUT2D eigenvalue weighted by Crippen LogP contribution is -2.30. The van der Waals surface area contributed by atoms with Gasteiger partial charge >= 0.3 is 0 Å². The quantitative estimate of drug-likeness (QED) is 0.607. The van der Waals surface area contributed by atoms with Gasteiger partial charge < -0.3 is 4.74 Å². The van der Waals surface area contributed by atoms with Crippen molar-refractivity contribution in [2.45, 2.75) is 19.4 Å². The Morgan fingerprint density at radius 1 is 1.54 bits per heavy atom. The summed E-state index contributed by atoms with van der Waals surface area (Å²) in [6.07, 6.45) is -0.252. The second-order valence-corrected chi connectivity index (χ2v) is 3.13. The monoisotopic (exact) mass is 180 g/mol. The van der Waals surface area contributed by atoms with Crippen molar-refractivity contribution in [1.29, 1.82) is 0 Å². The fourth-order valence-electron chi connectivity index (χ4n) is 1.40. The lowest BCUT2D eigenvalue weighted by molar-refractivity contribution is -0.125. The molecule has 0 saturated carbocycles. The zero-order valence-electron chi connectivity index (χ0n) is 7.21. The van der Waals surface area contributed by atoms with E-state index in [1.165, 1.54) is 6.07 Å². The van der Waals surface area contributed by atoms with Crippen LogP contribution < -0.4 is 4.74 Å². The van der Waals surface area contributed by atoms with E-state index in [0.717, 1.165) is 0 Å². The van der Waals surface area contributed by atoms with Crippen molar-refractivity contribution >= 4 is 5.78 Å². The molecule has 1 aromatic carbocycles. The molecule has 1 heterocycles. The molecule has 13 heavy (non-hydrogen) atoms. The van der Waals surface area contributed by atoms with Gasteiger partial charge in [0, 0.05) is 12.0 Å². The van der Waals surface area contributed by atoms with Gasteiger partial charge in [0.05, 0.1) is 0 Å². The summed E-state index contributed by atoms with van der Waals surface area (Å²) in [6, 6.07) is 4.63. The average molecular weight is 180 g/mol. The van der Waals surface area contributed by atoms with Crippen molar-refractivity contribution in [1.82, 2.24) is 0 Å². The third-order valence-electron chi connectivity index (χ3n) is 2.16. The molecule has 0 amide bonds. The zero-order valence-corrected chi connectivity index (χ0v) is 7.21. The van der Waals surface area contributed by atoms with Crippen LogP contribution in [0.4, 0.5) is 4.39 Å². The Bertz CT molecular complexity index is 360. The van der Waals surface area contributed by atoms with E-state index < -0.39 is 11.9 Å². The molecule has 0 saturated heterocycles. The van der Waals surface area contributed by atoms with Gasteiger partial charge in [0.2, 0.25) is 0 Å². The molecular weight excluding hydrogens is 171 g/mol. The molecule has 1 aliphatic heterocycles. The Labute approximate surface area is 75.3 Å². The van der Waals surface area contributed by atoms with Crippen molar-refractivity contribution in [3.63, 3.8) is 0 Å². The number of hydrogen-bond acceptors (Lipinski definition) is 2. The Hall–Kier alpha value is -1.38. The summed E-state index contributed by atoms with van der Waals surface area (Å²) >= 11 is 0. The summed E-state index contributed by atoms with van der Waals surface area (Å²) in [4.78, 5) is 11.2. The summed E-state index contributed by atoms with van der Waals surface area (Å²) < 4.78 is 18.3. The first-order chi connectivity index (χ1) is 6.18. The van der Waals surface area contributed by atoms with Gasteiger partial charge in [0.1, 0.15) is 0 Å². The first-order valence-electron chi connectivity index (χ1n) is 4.15. The highest BCUT2D eigenvalue weighted by Gasteiger charge is 2.25. The fraction of sp³-hybridized carbons (Fsp3) is 0.300. The SMILES string of the molecule is CC1Oc2c(F)cccc2CC1=O. The van der Waals surface area contributed by atoms with Crippen LogP contribution in [-0.2, 0) is 11.2 Å². The van der Waals surface area contributed by atoms with Crippen molar-refractivity contribution in [3.05, 3.63) is 29.6 Å². The van der Waals surface area contributed by atoms with E-state index in [4.69, 9.17) is 4.74 Å². The van der Waals surface area contributed by atoms with Crippen LogP contribution >= 0.6 is 0 Å². The molecule has 2 rings (SSSR count). The third kappa shape index (κ3) is 1.30. The van der Waals surface area contributed by atoms with Crippen molar-refractivity contribution < 1.29 is 13.9 Å². The minimum Gasteiger partial charge on any atom is -0.480 e. The van der Waals surface area contributed by atoms with Gasteiger partial charge in [-0.3, -0.25) is 4.79 Å². The van der Waals surface area contributed by atoms with Crippen LogP contribution in [0.5, 0.6) is 5.75 Å². The number of hydrogen-bond donors (Lipinski definition) is 0. The van der Waals surface area contributed by atoms with Gasteiger partial charge in [-0.2, -0.15) is 0 Å². The number of rotatable bonds is 0. The molecule has 0 aliphatic carbocycles. The van der Waals surface area contributed by atoms with E-state index in [1.807, 2.05) is 0 Å². The molecule has 3 heteroatoms. The third-order valence-corrected chi connectivity index (χ3v) is 2.16. The van der Waals surface area contributed by atoms with Crippen molar-refractivity contribution in [2.75, 3.05) is 0 Å². The summed E-state index contributed by atoms with van der Waals surface area (Å²) in [5.74, 6) is -0.162. The van der Waals surface area contributed by atoms with Crippen LogP contribution in [-0.4, -0.2) is 11.9 Å². The maximum Gasteiger partial charge on any atom is 0.177 e. The largest absolute Gasteiger partial charge is 0.480 e. The van der Waals surface area contributed by atoms with Gasteiger partial charge in [-0.25, -0.2) is 4.39 Å². The predicted octanol–water partition coefficient (Wildman–Crippen LogP) is 1.72. The maximum absolute atomic E-state index is 13.1. The molecule has 68 valence electrons. The summed E-state index contributed by atoms with van der Waals surface area (Å²) in [7, 11) is 0. The highest BCUT2D eigenvalue weighted by atomic mass is 19.1. The van der Waals surface area contributed by atoms with Crippen LogP contribution in [0.15, 0.2) is 18.2 Å². The van der Waals surface area contributed by atoms with Gasteiger partial charge in [0.15, 0.2) is 23.5 Å². The Morgan fingerprint density at radius 2 is 2.31 bits per heavy atom. The Morgan fingerprint density at radius 3 is 3.08 bits per heavy atom. The number of carbonyl (C=O) groups is 1. The van der Waals surface area contributed by atoms with E-state index >= 15 is 0 Å². The minimum absolute atomic E-state index is 0.00176. The maximum atomic E-state index is 13.1. The fourth-order valence-corrected chi connectivity index (χ4v) is 1.40. The standard InChI is InChI=1S/C10H9FO2/c1-6-9(12)5-7-3-2-4-8(11)10(7)13-6/h2-4,6H,5H2,1H3. The summed E-state index contributed by atoms with van der Waals surface area (Å²) in [5, 5.41) is 0. The zero-order chi connectivity index (χ0) is 9.42. The predicted molar refractivity (Wildman–Crippen MR) is 45.2 cm³/mol. The van der Waals surface area contributed by atoms with Crippen molar-refractivity contribution in [3.8, 4) is 5.75 Å². The molecule has 0 radical (unpaired) electrons. The normalized spacial score (nSPS) is 20.8. The number of benzene rings is 1. The number of halogens is 1. The molecule has 2 nitrogen and oxygen atoms in total. The van der Waals surface area contributed by atoms with E-state index in [1.54, 1.807) is 19.1 Å². The second-order valence-electron chi connectivity index (χ2n) is 3.13. The second kappa shape index (κ2) is 2.83. The molecule has 1 aliphatic rings. The number of carbonyl (C=O) groups excluding carboxylic acids is 1. The lowest BCUT2D eigenvalue weighted by atomic mass is 10.0. The molecular formula is C10H9FO2. The van der Waals surface area contributed by atoms with Crippen LogP contribution in [0, 0.1) is 5.82 Å². The lowest BCUT2D eigenvalue weighted by Gasteiger charge is -2.22. The van der Waals surface area contributed by atoms with Gasteiger partial charge in [-0.05, 0) is 13.0 Å². The average Bonchev–Trinajstić information content (AvgIpc) is 2.09. The summed E-state index contributed by atoms with van der Waals surface area (Å²) in [5.41, 5.74) is 0.642. The molecule has 0 fully saturated rings. The molecule has 0 bridgehead atoms. The number of para-hydroxylation sites is 1. The molecule has 0 spiro atoms. The number of fused-ring (bicyclic) bond motifs is 1. The first kappa shape index (κ1) is 8.23. The van der Waals surface area contributed by atoms with E-state index in [9.17, 15) is 9.18 Å².